The minimum atomic E-state index is -0.183. The highest BCUT2D eigenvalue weighted by molar-refractivity contribution is 5.79. The van der Waals surface area contributed by atoms with Gasteiger partial charge in [-0.3, -0.25) is 14.4 Å². The maximum absolute atomic E-state index is 12.2. The Morgan fingerprint density at radius 2 is 1.88 bits per heavy atom. The van der Waals surface area contributed by atoms with Crippen LogP contribution in [-0.4, -0.2) is 30.9 Å². The molecule has 0 heterocycles. The van der Waals surface area contributed by atoms with Crippen molar-refractivity contribution < 1.29 is 23.9 Å². The zero-order valence-corrected chi connectivity index (χ0v) is 20.7. The van der Waals surface area contributed by atoms with Gasteiger partial charge in [0.05, 0.1) is 7.11 Å². The van der Waals surface area contributed by atoms with Crippen LogP contribution in [0.5, 0.6) is 0 Å². The Bertz CT molecular complexity index is 761. The van der Waals surface area contributed by atoms with Crippen LogP contribution in [0.2, 0.25) is 0 Å². The summed E-state index contributed by atoms with van der Waals surface area (Å²) in [5.41, 5.74) is 0.140. The topological polar surface area (TPSA) is 69.7 Å². The molecule has 0 aromatic rings. The van der Waals surface area contributed by atoms with E-state index < -0.39 is 0 Å². The molecule has 0 unspecified atom stereocenters. The van der Waals surface area contributed by atoms with Crippen molar-refractivity contribution in [2.45, 2.75) is 98.0 Å². The van der Waals surface area contributed by atoms with Crippen molar-refractivity contribution in [2.75, 3.05) is 7.11 Å². The summed E-state index contributed by atoms with van der Waals surface area (Å²) in [7, 11) is 1.45. The fraction of sp³-hybridized carbons (Fsp3) is 0.889. The van der Waals surface area contributed by atoms with E-state index in [0.717, 1.165) is 38.5 Å². The molecular formula is C27H42O5. The molecular weight excluding hydrogens is 404 g/mol. The summed E-state index contributed by atoms with van der Waals surface area (Å²) >= 11 is 0. The van der Waals surface area contributed by atoms with Crippen molar-refractivity contribution in [2.24, 2.45) is 46.3 Å². The maximum atomic E-state index is 12.2. The number of hydrogen-bond acceptors (Lipinski definition) is 5. The van der Waals surface area contributed by atoms with Crippen LogP contribution in [0.25, 0.3) is 0 Å². The molecule has 0 radical (unpaired) electrons. The van der Waals surface area contributed by atoms with Gasteiger partial charge >= 0.3 is 11.9 Å². The molecule has 4 rings (SSSR count). The second kappa shape index (κ2) is 8.76. The zero-order valence-electron chi connectivity index (χ0n) is 20.7. The van der Waals surface area contributed by atoms with E-state index in [1.54, 1.807) is 6.92 Å². The predicted octanol–water partition coefficient (Wildman–Crippen LogP) is 5.35. The molecule has 0 amide bonds. The summed E-state index contributed by atoms with van der Waals surface area (Å²) in [4.78, 5) is 36.2. The number of methoxy groups -OCH3 is 1. The average Bonchev–Trinajstić information content (AvgIpc) is 3.11. The van der Waals surface area contributed by atoms with Gasteiger partial charge in [-0.15, -0.1) is 0 Å². The third-order valence-electron chi connectivity index (χ3n) is 10.7. The van der Waals surface area contributed by atoms with Gasteiger partial charge in [0.15, 0.2) is 0 Å². The highest BCUT2D eigenvalue weighted by Gasteiger charge is 2.64. The lowest BCUT2D eigenvalue weighted by Crippen LogP contribution is -2.59. The minimum Gasteiger partial charge on any atom is -0.469 e. The van der Waals surface area contributed by atoms with Crippen molar-refractivity contribution >= 4 is 17.7 Å². The summed E-state index contributed by atoms with van der Waals surface area (Å²) in [6, 6.07) is 0. The first-order valence-electron chi connectivity index (χ1n) is 12.9. The quantitative estimate of drug-likeness (QED) is 0.533. The Kier molecular flexibility index (Phi) is 6.50. The lowest BCUT2D eigenvalue weighted by molar-refractivity contribution is -0.193. The van der Waals surface area contributed by atoms with Gasteiger partial charge in [0.2, 0.25) is 0 Å². The van der Waals surface area contributed by atoms with Crippen molar-refractivity contribution in [1.29, 1.82) is 0 Å². The van der Waals surface area contributed by atoms with Crippen LogP contribution in [0.1, 0.15) is 91.9 Å². The van der Waals surface area contributed by atoms with Gasteiger partial charge in [-0.25, -0.2) is 0 Å². The standard InChI is InChI=1S/C27H42O5/c1-16(6-11-25(30)31-5)21-9-10-22-20-8-7-18-14-19(29)12-13-26(18,3)23(20)15-24(27(21,22)4)32-17(2)28/h16,18,20-24H,6-15H2,1-5H3/t16-,18-,20+,21+,22-,23-,24+,26+,27+/m1/s1. The van der Waals surface area contributed by atoms with E-state index in [0.29, 0.717) is 54.1 Å². The van der Waals surface area contributed by atoms with E-state index in [4.69, 9.17) is 9.47 Å². The summed E-state index contributed by atoms with van der Waals surface area (Å²) in [5, 5.41) is 0. The van der Waals surface area contributed by atoms with Gasteiger partial charge in [-0.1, -0.05) is 20.8 Å². The van der Waals surface area contributed by atoms with Crippen LogP contribution < -0.4 is 0 Å². The molecule has 0 N–H and O–H groups in total. The zero-order chi connectivity index (χ0) is 23.3. The molecule has 0 aromatic heterocycles. The normalized spacial score (nSPS) is 44.1. The lowest BCUT2D eigenvalue weighted by atomic mass is 9.43. The molecule has 0 bridgehead atoms. The highest BCUT2D eigenvalue weighted by Crippen LogP contribution is 2.68. The molecule has 4 aliphatic carbocycles. The molecule has 0 aliphatic heterocycles. The molecule has 5 heteroatoms. The van der Waals surface area contributed by atoms with Crippen LogP contribution >= 0.6 is 0 Å². The van der Waals surface area contributed by atoms with Gasteiger partial charge in [-0.05, 0) is 85.9 Å². The Hall–Kier alpha value is -1.39. The highest BCUT2D eigenvalue weighted by atomic mass is 16.5. The number of rotatable bonds is 5. The number of carbonyl (C=O) groups is 3. The SMILES string of the molecule is COC(=O)CC[C@@H](C)[C@@H]1CC[C@@H]2[C@@H]3CC[C@@H]4CC(=O)CC[C@]4(C)[C@@H]3C[C@H](OC(C)=O)[C@]21C. The first kappa shape index (κ1) is 23.8. The van der Waals surface area contributed by atoms with Crippen LogP contribution in [-0.2, 0) is 23.9 Å². The largest absolute Gasteiger partial charge is 0.469 e. The number of Topliss-reactive ketones (excluding diaryl/α,β-unsaturated/α-hetero) is 1. The van der Waals surface area contributed by atoms with Crippen molar-refractivity contribution in [1.82, 2.24) is 0 Å². The van der Waals surface area contributed by atoms with E-state index in [1.807, 2.05) is 0 Å². The van der Waals surface area contributed by atoms with Crippen LogP contribution in [0.15, 0.2) is 0 Å². The van der Waals surface area contributed by atoms with E-state index in [1.165, 1.54) is 20.0 Å². The third-order valence-corrected chi connectivity index (χ3v) is 10.7. The first-order chi connectivity index (χ1) is 15.1. The van der Waals surface area contributed by atoms with Gasteiger partial charge < -0.3 is 9.47 Å². The number of ketones is 1. The Labute approximate surface area is 193 Å². The van der Waals surface area contributed by atoms with E-state index in [2.05, 4.69) is 20.8 Å². The predicted molar refractivity (Wildman–Crippen MR) is 122 cm³/mol. The fourth-order valence-electron chi connectivity index (χ4n) is 8.97. The Morgan fingerprint density at radius 1 is 1.12 bits per heavy atom. The first-order valence-corrected chi connectivity index (χ1v) is 12.9. The Morgan fingerprint density at radius 3 is 2.56 bits per heavy atom. The van der Waals surface area contributed by atoms with Crippen LogP contribution in [0.3, 0.4) is 0 Å². The summed E-state index contributed by atoms with van der Waals surface area (Å²) < 4.78 is 11.0. The van der Waals surface area contributed by atoms with E-state index >= 15 is 0 Å². The number of carbonyl (C=O) groups excluding carboxylic acids is 3. The van der Waals surface area contributed by atoms with E-state index in [-0.39, 0.29) is 28.9 Å². The molecule has 0 saturated heterocycles. The van der Waals surface area contributed by atoms with Gasteiger partial charge in [-0.2, -0.15) is 0 Å². The van der Waals surface area contributed by atoms with Crippen LogP contribution in [0, 0.1) is 46.3 Å². The van der Waals surface area contributed by atoms with Gasteiger partial charge in [0.1, 0.15) is 11.9 Å². The molecule has 9 atom stereocenters. The van der Waals surface area contributed by atoms with Gasteiger partial charge in [0.25, 0.3) is 0 Å². The molecule has 4 saturated carbocycles. The Balaban J connectivity index is 1.62. The lowest BCUT2D eigenvalue weighted by Gasteiger charge is -2.62. The molecule has 4 fully saturated rings. The van der Waals surface area contributed by atoms with Crippen molar-refractivity contribution in [3.8, 4) is 0 Å². The molecule has 4 aliphatic rings. The number of hydrogen-bond donors (Lipinski definition) is 0. The second-order valence-electron chi connectivity index (χ2n) is 11.9. The molecule has 0 spiro atoms. The molecule has 5 nitrogen and oxygen atoms in total. The maximum Gasteiger partial charge on any atom is 0.305 e. The monoisotopic (exact) mass is 446 g/mol. The summed E-state index contributed by atoms with van der Waals surface area (Å²) in [5.74, 6) is 3.16. The van der Waals surface area contributed by atoms with Crippen molar-refractivity contribution in [3.63, 3.8) is 0 Å². The summed E-state index contributed by atoms with van der Waals surface area (Å²) in [6.45, 7) is 8.62. The fourth-order valence-corrected chi connectivity index (χ4v) is 8.97. The van der Waals surface area contributed by atoms with Gasteiger partial charge in [0, 0.05) is 31.6 Å². The molecule has 0 aromatic carbocycles. The molecule has 180 valence electrons. The second-order valence-corrected chi connectivity index (χ2v) is 11.9. The van der Waals surface area contributed by atoms with Crippen molar-refractivity contribution in [3.05, 3.63) is 0 Å². The smallest absolute Gasteiger partial charge is 0.305 e. The average molecular weight is 447 g/mol. The van der Waals surface area contributed by atoms with Crippen LogP contribution in [0.4, 0.5) is 0 Å². The number of esters is 2. The third kappa shape index (κ3) is 3.81. The number of ether oxygens (including phenoxy) is 2. The summed E-state index contributed by atoms with van der Waals surface area (Å²) in [6.07, 6.45) is 9.27. The minimum absolute atomic E-state index is 0.0456. The van der Waals surface area contributed by atoms with E-state index in [9.17, 15) is 14.4 Å². The molecule has 32 heavy (non-hydrogen) atoms. The number of fused-ring (bicyclic) bond motifs is 5.